The number of aromatic nitrogens is 7. The molecule has 47 heavy (non-hydrogen) atoms. The van der Waals surface area contributed by atoms with Crippen LogP contribution in [0.5, 0.6) is 5.75 Å². The van der Waals surface area contributed by atoms with Gasteiger partial charge in [0.1, 0.15) is 23.9 Å². The number of rotatable bonds is 10. The molecule has 7 rings (SSSR count). The summed E-state index contributed by atoms with van der Waals surface area (Å²) in [5, 5.41) is 11.1. The van der Waals surface area contributed by atoms with Crippen LogP contribution in [0.3, 0.4) is 0 Å². The molecule has 12 heteroatoms. The Kier molecular flexibility index (Phi) is 8.07. The second-order valence-corrected chi connectivity index (χ2v) is 11.3. The molecular weight excluding hydrogens is 597 g/mol. The van der Waals surface area contributed by atoms with Gasteiger partial charge in [-0.2, -0.15) is 5.10 Å². The van der Waals surface area contributed by atoms with Crippen molar-refractivity contribution in [3.63, 3.8) is 0 Å². The molecule has 2 aromatic carbocycles. The number of anilines is 1. The van der Waals surface area contributed by atoms with Crippen LogP contribution in [0.15, 0.2) is 91.5 Å². The van der Waals surface area contributed by atoms with Gasteiger partial charge in [0.25, 0.3) is 0 Å². The van der Waals surface area contributed by atoms with Crippen LogP contribution in [0.2, 0.25) is 0 Å². The Bertz CT molecular complexity index is 2210. The van der Waals surface area contributed by atoms with Crippen molar-refractivity contribution in [2.24, 2.45) is 0 Å². The van der Waals surface area contributed by atoms with Gasteiger partial charge >= 0.3 is 0 Å². The zero-order chi connectivity index (χ0) is 32.3. The smallest absolute Gasteiger partial charge is 0.228 e. The Hall–Kier alpha value is -6.01. The quantitative estimate of drug-likeness (QED) is 0.171. The maximum absolute atomic E-state index is 14.7. The summed E-state index contributed by atoms with van der Waals surface area (Å²) < 4.78 is 20.5. The van der Waals surface area contributed by atoms with Crippen molar-refractivity contribution in [3.05, 3.63) is 103 Å². The summed E-state index contributed by atoms with van der Waals surface area (Å²) in [4.78, 5) is 36.1. The summed E-state index contributed by atoms with van der Waals surface area (Å²) in [6, 6.07) is 19.8. The van der Waals surface area contributed by atoms with Crippen LogP contribution in [-0.4, -0.2) is 73.2 Å². The minimum absolute atomic E-state index is 0.134. The molecule has 0 saturated heterocycles. The van der Waals surface area contributed by atoms with Crippen molar-refractivity contribution in [3.8, 4) is 39.5 Å². The first-order chi connectivity index (χ1) is 22.9. The fourth-order valence-electron chi connectivity index (χ4n) is 5.31. The van der Waals surface area contributed by atoms with Crippen LogP contribution in [0.25, 0.3) is 56.0 Å². The largest absolute Gasteiger partial charge is 0.492 e. The SMILES string of the molecule is CN(C)CCOc1cc(F)cc(-c2ccnc3nc(-c4[nH]nc5ncc(-c6cncc(NC(=O)Cc7ccccc7)c6)cc45)[nH]c23)c1. The second kappa shape index (κ2) is 12.8. The van der Waals surface area contributed by atoms with Crippen LogP contribution < -0.4 is 10.1 Å². The number of nitrogens with one attached hydrogen (secondary N) is 3. The number of fused-ring (bicyclic) bond motifs is 2. The molecule has 0 aliphatic carbocycles. The number of hydrogen-bond donors (Lipinski definition) is 3. The van der Waals surface area contributed by atoms with Gasteiger partial charge in [-0.1, -0.05) is 30.3 Å². The Morgan fingerprint density at radius 3 is 2.64 bits per heavy atom. The van der Waals surface area contributed by atoms with Gasteiger partial charge in [0, 0.05) is 47.9 Å². The van der Waals surface area contributed by atoms with Gasteiger partial charge in [-0.3, -0.25) is 14.9 Å². The average molecular weight is 628 g/mol. The Morgan fingerprint density at radius 2 is 1.79 bits per heavy atom. The molecule has 3 N–H and O–H groups in total. The first kappa shape index (κ1) is 29.7. The molecule has 234 valence electrons. The lowest BCUT2D eigenvalue weighted by atomic mass is 10.1. The number of pyridine rings is 3. The van der Waals surface area contributed by atoms with Gasteiger partial charge in [-0.15, -0.1) is 0 Å². The van der Waals surface area contributed by atoms with Crippen LogP contribution >= 0.6 is 0 Å². The van der Waals surface area contributed by atoms with E-state index in [1.165, 1.54) is 12.1 Å². The monoisotopic (exact) mass is 627 g/mol. The van der Waals surface area contributed by atoms with Gasteiger partial charge in [0.05, 0.1) is 29.2 Å². The maximum Gasteiger partial charge on any atom is 0.228 e. The number of halogens is 1. The Balaban J connectivity index is 1.18. The summed E-state index contributed by atoms with van der Waals surface area (Å²) in [6.45, 7) is 1.14. The van der Waals surface area contributed by atoms with E-state index in [2.05, 4.69) is 35.5 Å². The van der Waals surface area contributed by atoms with Gasteiger partial charge in [0.15, 0.2) is 17.1 Å². The summed E-state index contributed by atoms with van der Waals surface area (Å²) in [6.07, 6.45) is 6.93. The molecule has 7 aromatic rings. The van der Waals surface area contributed by atoms with Gasteiger partial charge < -0.3 is 19.9 Å². The van der Waals surface area contributed by atoms with Crippen molar-refractivity contribution in [2.75, 3.05) is 32.6 Å². The molecule has 11 nitrogen and oxygen atoms in total. The van der Waals surface area contributed by atoms with Crippen LogP contribution in [0, 0.1) is 5.82 Å². The van der Waals surface area contributed by atoms with Gasteiger partial charge in [-0.05, 0) is 55.6 Å². The molecule has 0 spiro atoms. The molecule has 0 saturated carbocycles. The number of hydrogen-bond acceptors (Lipinski definition) is 8. The Morgan fingerprint density at radius 1 is 0.936 bits per heavy atom. The van der Waals surface area contributed by atoms with Crippen LogP contribution in [-0.2, 0) is 11.2 Å². The molecule has 0 unspecified atom stereocenters. The van der Waals surface area contributed by atoms with E-state index in [1.54, 1.807) is 24.8 Å². The number of carbonyl (C=O) groups is 1. The number of nitrogens with zero attached hydrogens (tertiary/aromatic N) is 6. The number of ether oxygens (including phenoxy) is 1. The predicted molar refractivity (Wildman–Crippen MR) is 178 cm³/mol. The van der Waals surface area contributed by atoms with E-state index in [9.17, 15) is 9.18 Å². The number of imidazole rings is 1. The molecule has 0 fully saturated rings. The third-order valence-electron chi connectivity index (χ3n) is 7.59. The van der Waals surface area contributed by atoms with Crippen molar-refractivity contribution < 1.29 is 13.9 Å². The summed E-state index contributed by atoms with van der Waals surface area (Å²) >= 11 is 0. The molecule has 0 atom stereocenters. The minimum atomic E-state index is -0.403. The lowest BCUT2D eigenvalue weighted by Gasteiger charge is -2.12. The van der Waals surface area contributed by atoms with Crippen LogP contribution in [0.1, 0.15) is 5.56 Å². The Labute approximate surface area is 268 Å². The van der Waals surface area contributed by atoms with E-state index >= 15 is 0 Å². The number of aromatic amines is 2. The molecule has 0 radical (unpaired) electrons. The highest BCUT2D eigenvalue weighted by Gasteiger charge is 2.18. The van der Waals surface area contributed by atoms with E-state index in [0.717, 1.165) is 27.6 Å². The highest BCUT2D eigenvalue weighted by atomic mass is 19.1. The zero-order valence-electron chi connectivity index (χ0n) is 25.7. The van der Waals surface area contributed by atoms with E-state index in [0.29, 0.717) is 58.5 Å². The zero-order valence-corrected chi connectivity index (χ0v) is 25.7. The topological polar surface area (TPSA) is 138 Å². The summed E-state index contributed by atoms with van der Waals surface area (Å²) in [5.74, 6) is 0.406. The number of carbonyl (C=O) groups excluding carboxylic acids is 1. The first-order valence-electron chi connectivity index (χ1n) is 15.0. The third kappa shape index (κ3) is 6.53. The molecule has 0 aliphatic heterocycles. The summed E-state index contributed by atoms with van der Waals surface area (Å²) in [7, 11) is 3.91. The van der Waals surface area contributed by atoms with E-state index in [4.69, 9.17) is 9.72 Å². The molecule has 0 bridgehead atoms. The number of benzene rings is 2. The van der Waals surface area contributed by atoms with Crippen molar-refractivity contribution in [2.45, 2.75) is 6.42 Å². The van der Waals surface area contributed by atoms with E-state index in [-0.39, 0.29) is 12.3 Å². The normalized spacial score (nSPS) is 11.4. The molecular formula is C35H30FN9O2. The highest BCUT2D eigenvalue weighted by Crippen LogP contribution is 2.33. The lowest BCUT2D eigenvalue weighted by Crippen LogP contribution is -2.19. The number of H-pyrrole nitrogens is 2. The number of likely N-dealkylation sites (N-methyl/N-ethyl adjacent to an activating group) is 1. The van der Waals surface area contributed by atoms with E-state index < -0.39 is 5.82 Å². The molecule has 5 aromatic heterocycles. The van der Waals surface area contributed by atoms with Crippen LogP contribution in [0.4, 0.5) is 10.1 Å². The molecule has 5 heterocycles. The van der Waals surface area contributed by atoms with Crippen molar-refractivity contribution in [1.82, 2.24) is 40.0 Å². The average Bonchev–Trinajstić information content (AvgIpc) is 3.69. The second-order valence-electron chi connectivity index (χ2n) is 11.3. The molecule has 0 aliphatic rings. The fourth-order valence-corrected chi connectivity index (χ4v) is 5.31. The molecule has 1 amide bonds. The van der Waals surface area contributed by atoms with Gasteiger partial charge in [-0.25, -0.2) is 19.3 Å². The van der Waals surface area contributed by atoms with Gasteiger partial charge in [0.2, 0.25) is 5.91 Å². The summed E-state index contributed by atoms with van der Waals surface area (Å²) in [5.41, 5.74) is 6.64. The predicted octanol–water partition coefficient (Wildman–Crippen LogP) is 5.89. The number of amides is 1. The maximum atomic E-state index is 14.7. The minimum Gasteiger partial charge on any atom is -0.492 e. The highest BCUT2D eigenvalue weighted by molar-refractivity contribution is 5.97. The third-order valence-corrected chi connectivity index (χ3v) is 7.59. The standard InChI is InChI=1S/C35H30FN9O2/c1-45(2)10-11-47-27-15-22(13-25(36)17-27)28-8-9-38-34-31(28)41-35(42-34)32-29-16-24(19-39-33(29)44-43-32)23-14-26(20-37-18-23)40-30(46)12-21-6-4-3-5-7-21/h3-9,13-20H,10-12H2,1-2H3,(H,40,46)(H,38,41,42)(H,39,43,44). The fraction of sp³-hybridized carbons (Fsp3) is 0.143. The van der Waals surface area contributed by atoms with Crippen molar-refractivity contribution in [1.29, 1.82) is 0 Å². The first-order valence-corrected chi connectivity index (χ1v) is 15.0. The van der Waals surface area contributed by atoms with Crippen molar-refractivity contribution >= 4 is 33.8 Å². The van der Waals surface area contributed by atoms with E-state index in [1.807, 2.05) is 73.6 Å². The lowest BCUT2D eigenvalue weighted by molar-refractivity contribution is -0.115.